The Balaban J connectivity index is 0.000000511. The van der Waals surface area contributed by atoms with Crippen LogP contribution < -0.4 is 5.32 Å². The topological polar surface area (TPSA) is 73.1 Å². The lowest BCUT2D eigenvalue weighted by atomic mass is 10.1. The van der Waals surface area contributed by atoms with Crippen molar-refractivity contribution in [3.05, 3.63) is 29.3 Å². The van der Waals surface area contributed by atoms with Crippen LogP contribution in [0.25, 0.3) is 0 Å². The van der Waals surface area contributed by atoms with Gasteiger partial charge in [-0.1, -0.05) is 15.9 Å². The minimum Gasteiger partial charge on any atom is -0.388 e. The van der Waals surface area contributed by atoms with Crippen molar-refractivity contribution in [2.24, 2.45) is 0 Å². The molecule has 0 aliphatic carbocycles. The lowest BCUT2D eigenvalue weighted by Crippen LogP contribution is -2.08. The molecule has 0 fully saturated rings. The number of rotatable bonds is 3. The van der Waals surface area contributed by atoms with Crippen LogP contribution in [0.5, 0.6) is 0 Å². The van der Waals surface area contributed by atoms with Crippen molar-refractivity contribution >= 4 is 27.9 Å². The number of nitriles is 1. The quantitative estimate of drug-likeness (QED) is 0.647. The number of hydrogen-bond acceptors (Lipinski definition) is 4. The molecule has 0 bridgehead atoms. The van der Waals surface area contributed by atoms with Crippen molar-refractivity contribution in [2.75, 3.05) is 17.7 Å². The van der Waals surface area contributed by atoms with Crippen LogP contribution in [-0.2, 0) is 11.0 Å². The van der Waals surface area contributed by atoms with Crippen LogP contribution in [0.3, 0.4) is 0 Å². The van der Waals surface area contributed by atoms with E-state index in [0.717, 1.165) is 12.1 Å². The summed E-state index contributed by atoms with van der Waals surface area (Å²) in [7, 11) is 1.52. The molecule has 2 N–H and O–H groups in total. The molecule has 0 aliphatic rings. The molecule has 1 aromatic rings. The Hall–Kier alpha value is -1.59. The highest BCUT2D eigenvalue weighted by atomic mass is 79.9. The van der Waals surface area contributed by atoms with Crippen LogP contribution >= 0.6 is 15.9 Å². The molecule has 1 aromatic carbocycles. The maximum atomic E-state index is 12.4. The molecular weight excluding hydrogens is 341 g/mol. The molecule has 1 rings (SSSR count). The van der Waals surface area contributed by atoms with Crippen molar-refractivity contribution in [2.45, 2.75) is 12.3 Å². The molecule has 1 atom stereocenters. The number of hydrogen-bond donors (Lipinski definition) is 2. The average molecular weight is 353 g/mol. The van der Waals surface area contributed by atoms with Crippen molar-refractivity contribution < 1.29 is 23.1 Å². The Morgan fingerprint density at radius 2 is 2.15 bits per heavy atom. The number of alkyl halides is 4. The van der Waals surface area contributed by atoms with Crippen LogP contribution in [-0.4, -0.2) is 29.9 Å². The number of halogens is 4. The molecule has 0 heterocycles. The number of nitrogens with zero attached hydrogens (tertiary/aromatic N) is 1. The number of carbonyl (C=O) groups excluding carboxylic acids is 1. The first-order chi connectivity index (χ1) is 9.29. The second kappa shape index (κ2) is 8.55. The van der Waals surface area contributed by atoms with E-state index in [1.807, 2.05) is 0 Å². The van der Waals surface area contributed by atoms with Crippen molar-refractivity contribution in [1.82, 2.24) is 0 Å². The summed E-state index contributed by atoms with van der Waals surface area (Å²) >= 11 is 2.89. The first-order valence-corrected chi connectivity index (χ1v) is 6.40. The molecule has 0 saturated carbocycles. The highest BCUT2D eigenvalue weighted by Gasteiger charge is 2.33. The third-order valence-corrected chi connectivity index (χ3v) is 2.71. The van der Waals surface area contributed by atoms with Crippen LogP contribution in [0.1, 0.15) is 11.1 Å². The summed E-state index contributed by atoms with van der Waals surface area (Å²) < 4.78 is 37.1. The van der Waals surface area contributed by atoms with Crippen LogP contribution in [0.4, 0.5) is 18.9 Å². The average Bonchev–Trinajstić information content (AvgIpc) is 2.45. The highest BCUT2D eigenvalue weighted by molar-refractivity contribution is 9.09. The highest BCUT2D eigenvalue weighted by Crippen LogP contribution is 2.33. The van der Waals surface area contributed by atoms with Crippen LogP contribution in [0.2, 0.25) is 0 Å². The Morgan fingerprint density at radius 1 is 1.55 bits per heavy atom. The number of aldehydes is 1. The van der Waals surface area contributed by atoms with Gasteiger partial charge in [0.1, 0.15) is 12.4 Å². The molecular formula is C12H12BrF3N2O2. The summed E-state index contributed by atoms with van der Waals surface area (Å²) in [6.07, 6.45) is -4.84. The van der Waals surface area contributed by atoms with Gasteiger partial charge < -0.3 is 15.2 Å². The minimum atomic E-state index is -4.49. The molecule has 0 radical (unpaired) electrons. The number of aliphatic hydroxyl groups is 1. The third kappa shape index (κ3) is 6.04. The standard InChI is InChI=1S/C9H7F3N2.C3H5BrO2/c1-14-7-3-2-6(5-13)8(4-7)9(10,11)12;4-1-3(6)2-5/h2-4,14H,1H3;2-3,6H,1H2. The zero-order valence-corrected chi connectivity index (χ0v) is 12.0. The second-order valence-electron chi connectivity index (χ2n) is 3.48. The zero-order chi connectivity index (χ0) is 15.8. The van der Waals surface area contributed by atoms with Crippen molar-refractivity contribution in [3.63, 3.8) is 0 Å². The third-order valence-electron chi connectivity index (χ3n) is 2.05. The predicted octanol–water partition coefficient (Wildman–Crippen LogP) is 2.56. The molecule has 4 nitrogen and oxygen atoms in total. The van der Waals surface area contributed by atoms with Gasteiger partial charge in [-0.25, -0.2) is 0 Å². The van der Waals surface area contributed by atoms with Gasteiger partial charge in [-0.15, -0.1) is 0 Å². The van der Waals surface area contributed by atoms with E-state index in [1.165, 1.54) is 19.2 Å². The van der Waals surface area contributed by atoms with Gasteiger partial charge in [-0.3, -0.25) is 0 Å². The normalized spacial score (nSPS) is 11.7. The maximum Gasteiger partial charge on any atom is 0.417 e. The summed E-state index contributed by atoms with van der Waals surface area (Å²) in [5.74, 6) is 0. The lowest BCUT2D eigenvalue weighted by molar-refractivity contribution is -0.137. The summed E-state index contributed by atoms with van der Waals surface area (Å²) in [4.78, 5) is 9.46. The smallest absolute Gasteiger partial charge is 0.388 e. The fourth-order valence-corrected chi connectivity index (χ4v) is 1.22. The van der Waals surface area contributed by atoms with Crippen LogP contribution in [0, 0.1) is 11.3 Å². The molecule has 0 amide bonds. The fourth-order valence-electron chi connectivity index (χ4n) is 1.07. The van der Waals surface area contributed by atoms with Gasteiger partial charge in [0.05, 0.1) is 17.2 Å². The molecule has 0 aliphatic heterocycles. The second-order valence-corrected chi connectivity index (χ2v) is 4.13. The Kier molecular flexibility index (Phi) is 7.87. The monoisotopic (exact) mass is 352 g/mol. The van der Waals surface area contributed by atoms with E-state index in [4.69, 9.17) is 10.4 Å². The zero-order valence-electron chi connectivity index (χ0n) is 10.4. The van der Waals surface area contributed by atoms with E-state index in [0.29, 0.717) is 17.3 Å². The number of anilines is 1. The van der Waals surface area contributed by atoms with Gasteiger partial charge in [-0.05, 0) is 18.2 Å². The first-order valence-electron chi connectivity index (χ1n) is 5.28. The molecule has 110 valence electrons. The summed E-state index contributed by atoms with van der Waals surface area (Å²) in [6, 6.07) is 4.99. The molecule has 8 heteroatoms. The van der Waals surface area contributed by atoms with Gasteiger partial charge in [-0.2, -0.15) is 18.4 Å². The van der Waals surface area contributed by atoms with E-state index in [2.05, 4.69) is 21.2 Å². The van der Waals surface area contributed by atoms with E-state index >= 15 is 0 Å². The van der Waals surface area contributed by atoms with Gasteiger partial charge in [0.15, 0.2) is 0 Å². The molecule has 0 spiro atoms. The molecule has 0 saturated heterocycles. The Labute approximate surface area is 122 Å². The Bertz CT molecular complexity index is 487. The summed E-state index contributed by atoms with van der Waals surface area (Å²) in [6.45, 7) is 0. The maximum absolute atomic E-state index is 12.4. The Morgan fingerprint density at radius 3 is 2.45 bits per heavy atom. The fraction of sp³-hybridized carbons (Fsp3) is 0.333. The van der Waals surface area contributed by atoms with E-state index in [1.54, 1.807) is 0 Å². The largest absolute Gasteiger partial charge is 0.417 e. The van der Waals surface area contributed by atoms with Crippen LogP contribution in [0.15, 0.2) is 18.2 Å². The predicted molar refractivity (Wildman–Crippen MR) is 71.6 cm³/mol. The van der Waals surface area contributed by atoms with Gasteiger partial charge in [0, 0.05) is 18.1 Å². The van der Waals surface area contributed by atoms with Crippen molar-refractivity contribution in [1.29, 1.82) is 5.26 Å². The SMILES string of the molecule is CNc1ccc(C#N)c(C(F)(F)F)c1.O=CC(O)CBr. The van der Waals surface area contributed by atoms with E-state index in [-0.39, 0.29) is 5.56 Å². The number of aliphatic hydroxyl groups excluding tert-OH is 1. The van der Waals surface area contributed by atoms with E-state index in [9.17, 15) is 18.0 Å². The molecule has 0 aromatic heterocycles. The van der Waals surface area contributed by atoms with Crippen molar-refractivity contribution in [3.8, 4) is 6.07 Å². The molecule has 1 unspecified atom stereocenters. The first kappa shape index (κ1) is 18.4. The summed E-state index contributed by atoms with van der Waals surface area (Å²) in [5, 5.41) is 19.6. The van der Waals surface area contributed by atoms with Gasteiger partial charge in [0.2, 0.25) is 0 Å². The van der Waals surface area contributed by atoms with E-state index < -0.39 is 17.8 Å². The number of carbonyl (C=O) groups is 1. The number of benzene rings is 1. The van der Waals surface area contributed by atoms with Gasteiger partial charge >= 0.3 is 6.18 Å². The summed E-state index contributed by atoms with van der Waals surface area (Å²) in [5.41, 5.74) is -0.945. The number of nitrogens with one attached hydrogen (secondary N) is 1. The lowest BCUT2D eigenvalue weighted by Gasteiger charge is -2.10. The molecule has 20 heavy (non-hydrogen) atoms. The minimum absolute atomic E-state index is 0.330. The van der Waals surface area contributed by atoms with Gasteiger partial charge in [0.25, 0.3) is 0 Å².